The number of carbonyl (C=O) groups excluding carboxylic acids is 1. The molecule has 1 aliphatic carbocycles. The molecule has 7 heteroatoms. The Morgan fingerprint density at radius 3 is 2.65 bits per heavy atom. The Morgan fingerprint density at radius 2 is 2.10 bits per heavy atom. The number of aliphatic hydroxyl groups excluding tert-OH is 1. The Hall–Kier alpha value is -1.34. The molecule has 1 saturated heterocycles. The third-order valence-electron chi connectivity index (χ3n) is 4.19. The molecule has 7 nitrogen and oxygen atoms in total. The van der Waals surface area contributed by atoms with Gasteiger partial charge in [0.2, 0.25) is 0 Å². The first-order valence-corrected chi connectivity index (χ1v) is 7.07. The van der Waals surface area contributed by atoms with E-state index in [2.05, 4.69) is 10.2 Å². The molecule has 0 aromatic carbocycles. The number of urea groups is 1. The Morgan fingerprint density at radius 1 is 1.45 bits per heavy atom. The minimum Gasteiger partial charge on any atom is -0.480 e. The second-order valence-corrected chi connectivity index (χ2v) is 5.83. The second kappa shape index (κ2) is 5.97. The van der Waals surface area contributed by atoms with Crippen molar-refractivity contribution < 1.29 is 19.8 Å². The fourth-order valence-electron chi connectivity index (χ4n) is 2.59. The van der Waals surface area contributed by atoms with Crippen LogP contribution in [0.3, 0.4) is 0 Å². The van der Waals surface area contributed by atoms with Gasteiger partial charge in [-0.3, -0.25) is 4.90 Å². The van der Waals surface area contributed by atoms with Crippen LogP contribution in [-0.2, 0) is 4.79 Å². The molecule has 0 bridgehead atoms. The van der Waals surface area contributed by atoms with E-state index in [0.717, 1.165) is 0 Å². The van der Waals surface area contributed by atoms with Gasteiger partial charge in [-0.1, -0.05) is 0 Å². The maximum Gasteiger partial charge on any atom is 0.326 e. The van der Waals surface area contributed by atoms with Crippen LogP contribution in [-0.4, -0.2) is 76.4 Å². The van der Waals surface area contributed by atoms with E-state index in [-0.39, 0.29) is 19.0 Å². The molecule has 0 spiro atoms. The average Bonchev–Trinajstić information content (AvgIpc) is 3.16. The zero-order valence-electron chi connectivity index (χ0n) is 12.0. The van der Waals surface area contributed by atoms with Crippen molar-refractivity contribution in [3.63, 3.8) is 0 Å². The zero-order valence-corrected chi connectivity index (χ0v) is 12.0. The van der Waals surface area contributed by atoms with Crippen molar-refractivity contribution in [2.45, 2.75) is 50.4 Å². The molecular weight excluding hydrogens is 262 g/mol. The lowest BCUT2D eigenvalue weighted by atomic mass is 10.2. The number of aliphatic hydroxyl groups is 1. The van der Waals surface area contributed by atoms with Crippen LogP contribution < -0.4 is 5.32 Å². The Bertz CT molecular complexity index is 386. The van der Waals surface area contributed by atoms with Crippen LogP contribution in [0.2, 0.25) is 0 Å². The minimum absolute atomic E-state index is 0.0790. The van der Waals surface area contributed by atoms with Crippen LogP contribution in [0.1, 0.15) is 26.2 Å². The molecule has 2 fully saturated rings. The number of nitrogens with one attached hydrogen (secondary N) is 1. The molecule has 1 aliphatic heterocycles. The van der Waals surface area contributed by atoms with Gasteiger partial charge < -0.3 is 20.4 Å². The third kappa shape index (κ3) is 3.40. The quantitative estimate of drug-likeness (QED) is 0.645. The topological polar surface area (TPSA) is 93.1 Å². The average molecular weight is 285 g/mol. The van der Waals surface area contributed by atoms with Gasteiger partial charge in [0, 0.05) is 31.6 Å². The van der Waals surface area contributed by atoms with E-state index < -0.39 is 24.1 Å². The fourth-order valence-corrected chi connectivity index (χ4v) is 2.59. The van der Waals surface area contributed by atoms with Gasteiger partial charge in [0.25, 0.3) is 0 Å². The first-order valence-electron chi connectivity index (χ1n) is 7.07. The van der Waals surface area contributed by atoms with E-state index in [4.69, 9.17) is 5.11 Å². The Kier molecular flexibility index (Phi) is 4.49. The lowest BCUT2D eigenvalue weighted by Crippen LogP contribution is -2.49. The van der Waals surface area contributed by atoms with Crippen molar-refractivity contribution in [3.05, 3.63) is 0 Å². The molecule has 114 valence electrons. The normalized spacial score (nSPS) is 27.7. The molecule has 3 N–H and O–H groups in total. The van der Waals surface area contributed by atoms with Gasteiger partial charge in [0.15, 0.2) is 0 Å². The molecule has 3 atom stereocenters. The van der Waals surface area contributed by atoms with Crippen molar-refractivity contribution in [2.24, 2.45) is 0 Å². The van der Waals surface area contributed by atoms with E-state index in [9.17, 15) is 14.7 Å². The molecule has 0 radical (unpaired) electrons. The summed E-state index contributed by atoms with van der Waals surface area (Å²) in [5.41, 5.74) is 0. The van der Waals surface area contributed by atoms with E-state index in [1.54, 1.807) is 0 Å². The molecule has 2 aliphatic rings. The first-order chi connectivity index (χ1) is 9.40. The van der Waals surface area contributed by atoms with Gasteiger partial charge in [-0.15, -0.1) is 0 Å². The van der Waals surface area contributed by atoms with Crippen LogP contribution in [0.4, 0.5) is 4.79 Å². The number of carboxylic acids is 1. The molecule has 2 unspecified atom stereocenters. The number of likely N-dealkylation sites (N-methyl/N-ethyl adjacent to an activating group) is 1. The zero-order chi connectivity index (χ0) is 14.9. The highest BCUT2D eigenvalue weighted by Gasteiger charge is 2.39. The summed E-state index contributed by atoms with van der Waals surface area (Å²) in [6, 6.07) is -0.518. The smallest absolute Gasteiger partial charge is 0.326 e. The molecule has 20 heavy (non-hydrogen) atoms. The monoisotopic (exact) mass is 285 g/mol. The number of rotatable bonds is 5. The molecule has 0 aromatic rings. The molecule has 2 amide bonds. The number of nitrogens with zero attached hydrogens (tertiary/aromatic N) is 2. The lowest BCUT2D eigenvalue weighted by Gasteiger charge is -2.27. The largest absolute Gasteiger partial charge is 0.480 e. The van der Waals surface area contributed by atoms with Gasteiger partial charge in [-0.2, -0.15) is 0 Å². The highest BCUT2D eigenvalue weighted by Crippen LogP contribution is 2.26. The molecular formula is C13H23N3O4. The number of carboxylic acid groups (broad SMARTS) is 1. The summed E-state index contributed by atoms with van der Waals surface area (Å²) in [5.74, 6) is -1.07. The highest BCUT2D eigenvalue weighted by atomic mass is 16.4. The highest BCUT2D eigenvalue weighted by molar-refractivity contribution is 5.83. The van der Waals surface area contributed by atoms with Crippen LogP contribution in [0.5, 0.6) is 0 Å². The summed E-state index contributed by atoms with van der Waals surface area (Å²) < 4.78 is 0. The van der Waals surface area contributed by atoms with Gasteiger partial charge in [-0.05, 0) is 26.8 Å². The van der Waals surface area contributed by atoms with Crippen LogP contribution in [0.25, 0.3) is 0 Å². The Balaban J connectivity index is 1.82. The van der Waals surface area contributed by atoms with Crippen molar-refractivity contribution in [1.29, 1.82) is 0 Å². The number of carbonyl (C=O) groups is 2. The van der Waals surface area contributed by atoms with Crippen molar-refractivity contribution in [1.82, 2.24) is 15.1 Å². The third-order valence-corrected chi connectivity index (χ3v) is 4.19. The van der Waals surface area contributed by atoms with Crippen LogP contribution in [0, 0.1) is 0 Å². The summed E-state index contributed by atoms with van der Waals surface area (Å²) in [7, 11) is 2.04. The van der Waals surface area contributed by atoms with E-state index in [0.29, 0.717) is 12.6 Å². The van der Waals surface area contributed by atoms with Crippen LogP contribution in [0.15, 0.2) is 0 Å². The van der Waals surface area contributed by atoms with Crippen molar-refractivity contribution in [3.8, 4) is 0 Å². The summed E-state index contributed by atoms with van der Waals surface area (Å²) in [6.07, 6.45) is 1.75. The van der Waals surface area contributed by atoms with Gasteiger partial charge in [0.1, 0.15) is 6.04 Å². The Labute approximate surface area is 118 Å². The maximum absolute atomic E-state index is 12.0. The van der Waals surface area contributed by atoms with Crippen molar-refractivity contribution in [2.75, 3.05) is 20.1 Å². The molecule has 1 saturated carbocycles. The lowest BCUT2D eigenvalue weighted by molar-refractivity contribution is -0.141. The van der Waals surface area contributed by atoms with E-state index in [1.165, 1.54) is 17.7 Å². The van der Waals surface area contributed by atoms with Gasteiger partial charge in [0.05, 0.1) is 6.10 Å². The molecule has 0 aromatic heterocycles. The SMILES string of the molecule is CC(CNC(=O)N1CC(O)C[C@H]1C(=O)O)N(C)C1CC1. The van der Waals surface area contributed by atoms with Crippen LogP contribution >= 0.6 is 0 Å². The number of hydrogen-bond acceptors (Lipinski definition) is 4. The molecule has 1 heterocycles. The summed E-state index contributed by atoms with van der Waals surface area (Å²) in [4.78, 5) is 26.5. The predicted octanol–water partition coefficient (Wildman–Crippen LogP) is -0.301. The predicted molar refractivity (Wildman–Crippen MR) is 72.4 cm³/mol. The summed E-state index contributed by atoms with van der Waals surface area (Å²) in [6.45, 7) is 2.59. The number of aliphatic carboxylic acids is 1. The van der Waals surface area contributed by atoms with E-state index >= 15 is 0 Å². The number of likely N-dealkylation sites (tertiary alicyclic amines) is 1. The number of β-amino-alcohol motifs (C(OH)–C–C–N with tert-alkyl or cyclic N) is 1. The summed E-state index contributed by atoms with van der Waals surface area (Å²) in [5, 5.41) is 21.3. The summed E-state index contributed by atoms with van der Waals surface area (Å²) >= 11 is 0. The van der Waals surface area contributed by atoms with E-state index in [1.807, 2.05) is 14.0 Å². The maximum atomic E-state index is 12.0. The number of hydrogen-bond donors (Lipinski definition) is 3. The minimum atomic E-state index is -1.07. The standard InChI is InChI=1S/C13H23N3O4/c1-8(15(2)9-3-4-9)6-14-13(20)16-7-10(17)5-11(16)12(18)19/h8-11,17H,3-7H2,1-2H3,(H,14,20)(H,18,19)/t8?,10?,11-/m0/s1. The number of amides is 2. The second-order valence-electron chi connectivity index (χ2n) is 5.83. The van der Waals surface area contributed by atoms with Crippen molar-refractivity contribution >= 4 is 12.0 Å². The first kappa shape index (κ1) is 15.1. The van der Waals surface area contributed by atoms with Gasteiger partial charge in [-0.25, -0.2) is 9.59 Å². The van der Waals surface area contributed by atoms with Gasteiger partial charge >= 0.3 is 12.0 Å². The fraction of sp³-hybridized carbons (Fsp3) is 0.846. The molecule has 2 rings (SSSR count).